The molecule has 0 amide bonds. The fourth-order valence-corrected chi connectivity index (χ4v) is 6.21. The summed E-state index contributed by atoms with van der Waals surface area (Å²) in [4.78, 5) is 11.6. The standard InChI is InChI=1S/C24H38IN3O3Si/c1-16(13-25)17-9-10-28(14-22(17)31-32(7,8)24(2,3)4)23-18-11-20(29-5)21(30-6)12-19(18)26-15-27-23/h11-12,15-17,22H,9-10,13-14H2,1-8H3/t16?,17-,22+/m0/s1. The third kappa shape index (κ3) is 5.17. The number of nitrogens with zero attached hydrogens (tertiary/aromatic N) is 3. The molecule has 2 aromatic rings. The van der Waals surface area contributed by atoms with E-state index < -0.39 is 8.32 Å². The van der Waals surface area contributed by atoms with Crippen LogP contribution < -0.4 is 14.4 Å². The Labute approximate surface area is 207 Å². The highest BCUT2D eigenvalue weighted by atomic mass is 127. The summed E-state index contributed by atoms with van der Waals surface area (Å²) < 4.78 is 19.2. The van der Waals surface area contributed by atoms with E-state index in [9.17, 15) is 0 Å². The van der Waals surface area contributed by atoms with E-state index in [-0.39, 0.29) is 11.1 Å². The molecular weight excluding hydrogens is 533 g/mol. The second-order valence-corrected chi connectivity index (χ2v) is 16.0. The Morgan fingerprint density at radius 1 is 1.16 bits per heavy atom. The molecule has 1 saturated heterocycles. The Balaban J connectivity index is 1.98. The van der Waals surface area contributed by atoms with Gasteiger partial charge in [-0.1, -0.05) is 50.3 Å². The lowest BCUT2D eigenvalue weighted by Gasteiger charge is -2.47. The molecule has 0 N–H and O–H groups in total. The van der Waals surface area contributed by atoms with Crippen LogP contribution in [-0.2, 0) is 4.43 Å². The Morgan fingerprint density at radius 2 is 1.81 bits per heavy atom. The lowest BCUT2D eigenvalue weighted by molar-refractivity contribution is 0.0775. The third-order valence-corrected chi connectivity index (χ3v) is 13.1. The maximum Gasteiger partial charge on any atom is 0.192 e. The van der Waals surface area contributed by atoms with Crippen LogP contribution in [0.4, 0.5) is 5.82 Å². The molecule has 3 atom stereocenters. The first-order chi connectivity index (χ1) is 15.0. The molecule has 32 heavy (non-hydrogen) atoms. The summed E-state index contributed by atoms with van der Waals surface area (Å²) in [5.41, 5.74) is 0.859. The molecule has 1 unspecified atom stereocenters. The van der Waals surface area contributed by atoms with E-state index in [1.807, 2.05) is 12.1 Å². The molecule has 3 rings (SSSR count). The molecule has 1 aromatic heterocycles. The fraction of sp³-hybridized carbons (Fsp3) is 0.667. The number of alkyl halides is 1. The molecule has 2 heterocycles. The highest BCUT2D eigenvalue weighted by Crippen LogP contribution is 2.42. The van der Waals surface area contributed by atoms with Crippen LogP contribution in [0.15, 0.2) is 18.5 Å². The van der Waals surface area contributed by atoms with Crippen molar-refractivity contribution < 1.29 is 13.9 Å². The molecule has 1 aliphatic heterocycles. The molecule has 178 valence electrons. The highest BCUT2D eigenvalue weighted by Gasteiger charge is 2.43. The van der Waals surface area contributed by atoms with E-state index in [1.165, 1.54) is 0 Å². The Hall–Kier alpha value is -1.13. The van der Waals surface area contributed by atoms with Crippen LogP contribution >= 0.6 is 22.6 Å². The van der Waals surface area contributed by atoms with Gasteiger partial charge in [0.2, 0.25) is 0 Å². The van der Waals surface area contributed by atoms with Gasteiger partial charge in [0.25, 0.3) is 0 Å². The van der Waals surface area contributed by atoms with Crippen molar-refractivity contribution in [3.05, 3.63) is 18.5 Å². The minimum absolute atomic E-state index is 0.179. The smallest absolute Gasteiger partial charge is 0.192 e. The normalized spacial score (nSPS) is 21.0. The van der Waals surface area contributed by atoms with Gasteiger partial charge in [-0.2, -0.15) is 0 Å². The zero-order valence-electron chi connectivity index (χ0n) is 20.7. The predicted octanol–water partition coefficient (Wildman–Crippen LogP) is 5.93. The number of anilines is 1. The summed E-state index contributed by atoms with van der Waals surface area (Å²) in [7, 11) is 1.40. The van der Waals surface area contributed by atoms with E-state index in [0.717, 1.165) is 40.7 Å². The van der Waals surface area contributed by atoms with Crippen molar-refractivity contribution in [2.75, 3.05) is 36.6 Å². The number of benzene rings is 1. The maximum atomic E-state index is 7.03. The summed E-state index contributed by atoms with van der Waals surface area (Å²) in [5, 5.41) is 1.16. The number of piperidine rings is 1. The van der Waals surface area contributed by atoms with E-state index >= 15 is 0 Å². The first-order valence-electron chi connectivity index (χ1n) is 11.4. The minimum Gasteiger partial charge on any atom is -0.493 e. The molecule has 0 saturated carbocycles. The monoisotopic (exact) mass is 571 g/mol. The Bertz CT molecular complexity index is 935. The first-order valence-corrected chi connectivity index (χ1v) is 15.8. The van der Waals surface area contributed by atoms with Crippen LogP contribution in [0.5, 0.6) is 11.5 Å². The number of ether oxygens (including phenoxy) is 2. The van der Waals surface area contributed by atoms with Gasteiger partial charge < -0.3 is 18.8 Å². The molecule has 1 aromatic carbocycles. The van der Waals surface area contributed by atoms with Crippen molar-refractivity contribution in [3.8, 4) is 11.5 Å². The van der Waals surface area contributed by atoms with Gasteiger partial charge in [-0.25, -0.2) is 9.97 Å². The van der Waals surface area contributed by atoms with Gasteiger partial charge in [0.15, 0.2) is 19.8 Å². The topological polar surface area (TPSA) is 56.7 Å². The summed E-state index contributed by atoms with van der Waals surface area (Å²) in [6.07, 6.45) is 2.94. The van der Waals surface area contributed by atoms with E-state index in [2.05, 4.69) is 73.3 Å². The number of aromatic nitrogens is 2. The molecule has 6 nitrogen and oxygen atoms in total. The lowest BCUT2D eigenvalue weighted by atomic mass is 9.84. The summed E-state index contributed by atoms with van der Waals surface area (Å²) in [6, 6.07) is 3.92. The highest BCUT2D eigenvalue weighted by molar-refractivity contribution is 14.1. The van der Waals surface area contributed by atoms with Crippen LogP contribution in [0, 0.1) is 11.8 Å². The number of fused-ring (bicyclic) bond motifs is 1. The van der Waals surface area contributed by atoms with Gasteiger partial charge in [-0.3, -0.25) is 0 Å². The molecule has 1 aliphatic rings. The SMILES string of the molecule is COc1cc2ncnc(N3CC[C@@H](C(C)CI)[C@H](O[Si](C)(C)C(C)(C)C)C3)c2cc1OC. The molecule has 0 bridgehead atoms. The second-order valence-electron chi connectivity index (χ2n) is 10.4. The van der Waals surface area contributed by atoms with Crippen molar-refractivity contribution in [2.24, 2.45) is 11.8 Å². The number of halogens is 1. The molecule has 1 fully saturated rings. The van der Waals surface area contributed by atoms with Gasteiger partial charge in [-0.05, 0) is 42.5 Å². The van der Waals surface area contributed by atoms with Crippen molar-refractivity contribution >= 4 is 47.6 Å². The van der Waals surface area contributed by atoms with Crippen LogP contribution in [0.1, 0.15) is 34.1 Å². The van der Waals surface area contributed by atoms with Crippen LogP contribution in [0.2, 0.25) is 18.1 Å². The maximum absolute atomic E-state index is 7.03. The Kier molecular flexibility index (Phi) is 7.97. The zero-order chi connectivity index (χ0) is 23.7. The largest absolute Gasteiger partial charge is 0.493 e. The molecular formula is C24H38IN3O3Si. The van der Waals surface area contributed by atoms with E-state index in [4.69, 9.17) is 18.9 Å². The van der Waals surface area contributed by atoms with E-state index in [0.29, 0.717) is 23.3 Å². The van der Waals surface area contributed by atoms with Gasteiger partial charge >= 0.3 is 0 Å². The summed E-state index contributed by atoms with van der Waals surface area (Å²) in [5.74, 6) is 3.50. The predicted molar refractivity (Wildman–Crippen MR) is 143 cm³/mol. The van der Waals surface area contributed by atoms with Crippen LogP contribution in [-0.4, -0.2) is 56.1 Å². The van der Waals surface area contributed by atoms with Crippen LogP contribution in [0.25, 0.3) is 10.9 Å². The second kappa shape index (κ2) is 10.0. The van der Waals surface area contributed by atoms with Crippen LogP contribution in [0.3, 0.4) is 0 Å². The van der Waals surface area contributed by atoms with Gasteiger partial charge in [0, 0.05) is 29.0 Å². The number of hydrogen-bond donors (Lipinski definition) is 0. The molecule has 8 heteroatoms. The summed E-state index contributed by atoms with van der Waals surface area (Å²) >= 11 is 2.52. The van der Waals surface area contributed by atoms with Gasteiger partial charge in [-0.15, -0.1) is 0 Å². The quantitative estimate of drug-likeness (QED) is 0.233. The molecule has 0 radical (unpaired) electrons. The number of methoxy groups -OCH3 is 2. The third-order valence-electron chi connectivity index (χ3n) is 7.26. The number of rotatable bonds is 7. The first kappa shape index (κ1) is 25.5. The molecule has 0 spiro atoms. The minimum atomic E-state index is -1.90. The molecule has 0 aliphatic carbocycles. The van der Waals surface area contributed by atoms with Gasteiger partial charge in [0.1, 0.15) is 12.1 Å². The van der Waals surface area contributed by atoms with E-state index in [1.54, 1.807) is 20.5 Å². The Morgan fingerprint density at radius 3 is 2.41 bits per heavy atom. The number of hydrogen-bond acceptors (Lipinski definition) is 6. The van der Waals surface area contributed by atoms with Crippen molar-refractivity contribution in [3.63, 3.8) is 0 Å². The lowest BCUT2D eigenvalue weighted by Crippen LogP contribution is -2.54. The summed E-state index contributed by atoms with van der Waals surface area (Å²) in [6.45, 7) is 15.8. The van der Waals surface area contributed by atoms with Crippen molar-refractivity contribution in [2.45, 2.75) is 58.4 Å². The average molecular weight is 572 g/mol. The zero-order valence-corrected chi connectivity index (χ0v) is 23.9. The average Bonchev–Trinajstić information content (AvgIpc) is 2.76. The van der Waals surface area contributed by atoms with Crippen molar-refractivity contribution in [1.82, 2.24) is 9.97 Å². The fourth-order valence-electron chi connectivity index (χ4n) is 4.19. The van der Waals surface area contributed by atoms with Crippen molar-refractivity contribution in [1.29, 1.82) is 0 Å². The van der Waals surface area contributed by atoms with Gasteiger partial charge in [0.05, 0.1) is 25.8 Å².